The molecule has 0 unspecified atom stereocenters. The van der Waals surface area contributed by atoms with Crippen molar-refractivity contribution in [1.82, 2.24) is 15.3 Å². The van der Waals surface area contributed by atoms with E-state index in [9.17, 15) is 0 Å². The van der Waals surface area contributed by atoms with Crippen LogP contribution >= 0.6 is 35.0 Å². The molecule has 3 nitrogen and oxygen atoms in total. The van der Waals surface area contributed by atoms with E-state index in [4.69, 9.17) is 23.2 Å². The van der Waals surface area contributed by atoms with Crippen molar-refractivity contribution in [1.29, 1.82) is 0 Å². The van der Waals surface area contributed by atoms with Crippen molar-refractivity contribution < 1.29 is 0 Å². The van der Waals surface area contributed by atoms with Gasteiger partial charge in [0.2, 0.25) is 0 Å². The molecular formula is C13H13Cl2N3S. The smallest absolute Gasteiger partial charge is 0.192 e. The van der Waals surface area contributed by atoms with Crippen LogP contribution in [0.1, 0.15) is 12.5 Å². The molecular weight excluding hydrogens is 301 g/mol. The average molecular weight is 314 g/mol. The summed E-state index contributed by atoms with van der Waals surface area (Å²) in [5, 5.41) is 5.01. The Kier molecular flexibility index (Phi) is 5.45. The highest BCUT2D eigenvalue weighted by atomic mass is 35.5. The fourth-order valence-electron chi connectivity index (χ4n) is 1.40. The van der Waals surface area contributed by atoms with Gasteiger partial charge in [-0.25, -0.2) is 9.97 Å². The van der Waals surface area contributed by atoms with E-state index in [-0.39, 0.29) is 0 Å². The quantitative estimate of drug-likeness (QED) is 0.845. The summed E-state index contributed by atoms with van der Waals surface area (Å²) in [6, 6.07) is 5.48. The van der Waals surface area contributed by atoms with Crippen molar-refractivity contribution in [3.63, 3.8) is 0 Å². The second kappa shape index (κ2) is 7.10. The lowest BCUT2D eigenvalue weighted by atomic mass is 10.3. The molecule has 6 heteroatoms. The molecule has 2 rings (SSSR count). The Hall–Kier alpha value is -0.810. The van der Waals surface area contributed by atoms with Gasteiger partial charge < -0.3 is 5.32 Å². The monoisotopic (exact) mass is 313 g/mol. The average Bonchev–Trinajstić information content (AvgIpc) is 2.42. The highest BCUT2D eigenvalue weighted by Gasteiger charge is 2.04. The number of nitrogens with zero attached hydrogens (tertiary/aromatic N) is 2. The first-order valence-electron chi connectivity index (χ1n) is 5.83. The standard InChI is InChI=1S/C13H13Cl2N3S/c1-2-16-6-9-7-17-13(18-8-9)19-10-3-4-11(14)12(15)5-10/h3-5,7-8,16H,2,6H2,1H3. The Morgan fingerprint density at radius 3 is 2.53 bits per heavy atom. The van der Waals surface area contributed by atoms with Crippen molar-refractivity contribution in [3.05, 3.63) is 46.2 Å². The van der Waals surface area contributed by atoms with Crippen LogP contribution in [0.3, 0.4) is 0 Å². The van der Waals surface area contributed by atoms with Crippen molar-refractivity contribution in [2.24, 2.45) is 0 Å². The summed E-state index contributed by atoms with van der Waals surface area (Å²) in [6.07, 6.45) is 3.66. The zero-order valence-corrected chi connectivity index (χ0v) is 12.7. The molecule has 1 aromatic heterocycles. The van der Waals surface area contributed by atoms with Crippen LogP contribution in [0, 0.1) is 0 Å². The molecule has 19 heavy (non-hydrogen) atoms. The fraction of sp³-hybridized carbons (Fsp3) is 0.231. The van der Waals surface area contributed by atoms with E-state index in [2.05, 4.69) is 22.2 Å². The van der Waals surface area contributed by atoms with Gasteiger partial charge in [-0.15, -0.1) is 0 Å². The molecule has 1 heterocycles. The van der Waals surface area contributed by atoms with E-state index in [1.54, 1.807) is 6.07 Å². The molecule has 100 valence electrons. The van der Waals surface area contributed by atoms with Gasteiger partial charge in [-0.1, -0.05) is 30.1 Å². The number of hydrogen-bond donors (Lipinski definition) is 1. The molecule has 1 aromatic carbocycles. The summed E-state index contributed by atoms with van der Waals surface area (Å²) in [4.78, 5) is 9.60. The Morgan fingerprint density at radius 2 is 1.89 bits per heavy atom. The molecule has 0 saturated carbocycles. The number of nitrogens with one attached hydrogen (secondary N) is 1. The van der Waals surface area contributed by atoms with Gasteiger partial charge in [0.25, 0.3) is 0 Å². The largest absolute Gasteiger partial charge is 0.313 e. The molecule has 0 aliphatic rings. The summed E-state index contributed by atoms with van der Waals surface area (Å²) in [6.45, 7) is 3.78. The summed E-state index contributed by atoms with van der Waals surface area (Å²) in [5.74, 6) is 0. The van der Waals surface area contributed by atoms with E-state index >= 15 is 0 Å². The van der Waals surface area contributed by atoms with E-state index in [0.717, 1.165) is 23.5 Å². The first-order valence-corrected chi connectivity index (χ1v) is 7.41. The van der Waals surface area contributed by atoms with Gasteiger partial charge in [-0.3, -0.25) is 0 Å². The molecule has 2 aromatic rings. The topological polar surface area (TPSA) is 37.8 Å². The van der Waals surface area contributed by atoms with Gasteiger partial charge in [-0.05, 0) is 36.5 Å². The van der Waals surface area contributed by atoms with Crippen LogP contribution in [0.4, 0.5) is 0 Å². The lowest BCUT2D eigenvalue weighted by Crippen LogP contribution is -2.12. The number of benzene rings is 1. The predicted molar refractivity (Wildman–Crippen MR) is 80.0 cm³/mol. The minimum atomic E-state index is 0.537. The van der Waals surface area contributed by atoms with Crippen molar-refractivity contribution in [3.8, 4) is 0 Å². The lowest BCUT2D eigenvalue weighted by molar-refractivity contribution is 0.716. The fourth-order valence-corrected chi connectivity index (χ4v) is 2.50. The number of aromatic nitrogens is 2. The first kappa shape index (κ1) is 14.6. The molecule has 0 saturated heterocycles. The van der Waals surface area contributed by atoms with E-state index in [0.29, 0.717) is 15.2 Å². The summed E-state index contributed by atoms with van der Waals surface area (Å²) < 4.78 is 0. The Bertz CT molecular complexity index is 546. The van der Waals surface area contributed by atoms with Gasteiger partial charge in [-0.2, -0.15) is 0 Å². The second-order valence-electron chi connectivity index (χ2n) is 3.83. The summed E-state index contributed by atoms with van der Waals surface area (Å²) >= 11 is 13.3. The minimum Gasteiger partial charge on any atom is -0.313 e. The number of halogens is 2. The Morgan fingerprint density at radius 1 is 1.16 bits per heavy atom. The SMILES string of the molecule is CCNCc1cnc(Sc2ccc(Cl)c(Cl)c2)nc1. The van der Waals surface area contributed by atoms with Gasteiger partial charge >= 0.3 is 0 Å². The van der Waals surface area contributed by atoms with Crippen LogP contribution in [-0.2, 0) is 6.54 Å². The third kappa shape index (κ3) is 4.35. The summed E-state index contributed by atoms with van der Waals surface area (Å²) in [7, 11) is 0. The molecule has 0 bridgehead atoms. The zero-order chi connectivity index (χ0) is 13.7. The molecule has 0 radical (unpaired) electrons. The third-order valence-electron chi connectivity index (χ3n) is 2.36. The van der Waals surface area contributed by atoms with Crippen LogP contribution < -0.4 is 5.32 Å². The lowest BCUT2D eigenvalue weighted by Gasteiger charge is -2.04. The van der Waals surface area contributed by atoms with E-state index in [1.165, 1.54) is 11.8 Å². The van der Waals surface area contributed by atoms with E-state index < -0.39 is 0 Å². The Balaban J connectivity index is 2.04. The highest BCUT2D eigenvalue weighted by Crippen LogP contribution is 2.30. The van der Waals surface area contributed by atoms with Gasteiger partial charge in [0.05, 0.1) is 10.0 Å². The molecule has 0 aliphatic heterocycles. The van der Waals surface area contributed by atoms with E-state index in [1.807, 2.05) is 24.5 Å². The maximum Gasteiger partial charge on any atom is 0.192 e. The van der Waals surface area contributed by atoms with Crippen molar-refractivity contribution in [2.45, 2.75) is 23.5 Å². The number of rotatable bonds is 5. The maximum atomic E-state index is 5.97. The zero-order valence-electron chi connectivity index (χ0n) is 10.4. The molecule has 0 fully saturated rings. The van der Waals surface area contributed by atoms with Gasteiger partial charge in [0.15, 0.2) is 5.16 Å². The maximum absolute atomic E-state index is 5.97. The molecule has 0 amide bonds. The van der Waals surface area contributed by atoms with Crippen LogP contribution in [0.2, 0.25) is 10.0 Å². The highest BCUT2D eigenvalue weighted by molar-refractivity contribution is 7.99. The summed E-state index contributed by atoms with van der Waals surface area (Å²) in [5.41, 5.74) is 1.07. The van der Waals surface area contributed by atoms with Crippen molar-refractivity contribution in [2.75, 3.05) is 6.54 Å². The number of hydrogen-bond acceptors (Lipinski definition) is 4. The predicted octanol–water partition coefficient (Wildman–Crippen LogP) is 4.04. The minimum absolute atomic E-state index is 0.537. The van der Waals surface area contributed by atoms with Crippen molar-refractivity contribution >= 4 is 35.0 Å². The molecule has 0 spiro atoms. The van der Waals surface area contributed by atoms with Crippen LogP contribution in [0.5, 0.6) is 0 Å². The van der Waals surface area contributed by atoms with Gasteiger partial charge in [0, 0.05) is 29.4 Å². The third-order valence-corrected chi connectivity index (χ3v) is 3.98. The van der Waals surface area contributed by atoms with Gasteiger partial charge in [0.1, 0.15) is 0 Å². The second-order valence-corrected chi connectivity index (χ2v) is 5.69. The normalized spacial score (nSPS) is 10.7. The van der Waals surface area contributed by atoms with Crippen LogP contribution in [0.15, 0.2) is 40.6 Å². The first-order chi connectivity index (χ1) is 9.19. The molecule has 1 N–H and O–H groups in total. The molecule has 0 atom stereocenters. The van der Waals surface area contributed by atoms with Crippen LogP contribution in [0.25, 0.3) is 0 Å². The molecule has 0 aliphatic carbocycles. The van der Waals surface area contributed by atoms with Crippen LogP contribution in [-0.4, -0.2) is 16.5 Å². The Labute approximate surface area is 126 Å².